The van der Waals surface area contributed by atoms with E-state index in [9.17, 15) is 9.18 Å². The van der Waals surface area contributed by atoms with E-state index in [1.165, 1.54) is 17.2 Å². The number of amides is 1. The van der Waals surface area contributed by atoms with Crippen molar-refractivity contribution in [3.8, 4) is 0 Å². The molecule has 0 aromatic heterocycles. The van der Waals surface area contributed by atoms with Crippen LogP contribution in [0.15, 0.2) is 42.5 Å². The molecule has 1 amide bonds. The highest BCUT2D eigenvalue weighted by Crippen LogP contribution is 2.23. The van der Waals surface area contributed by atoms with Crippen LogP contribution in [0.2, 0.25) is 0 Å². The second kappa shape index (κ2) is 6.73. The lowest BCUT2D eigenvalue weighted by molar-refractivity contribution is -0.125. The van der Waals surface area contributed by atoms with Crippen molar-refractivity contribution in [2.75, 3.05) is 18.0 Å². The first-order chi connectivity index (χ1) is 11.5. The molecule has 1 aliphatic heterocycles. The van der Waals surface area contributed by atoms with Gasteiger partial charge in [0, 0.05) is 25.3 Å². The van der Waals surface area contributed by atoms with E-state index < -0.39 is 0 Å². The van der Waals surface area contributed by atoms with Gasteiger partial charge in [0.1, 0.15) is 5.82 Å². The van der Waals surface area contributed by atoms with E-state index >= 15 is 0 Å². The van der Waals surface area contributed by atoms with Gasteiger partial charge in [-0.2, -0.15) is 0 Å². The Morgan fingerprint density at radius 1 is 1.12 bits per heavy atom. The van der Waals surface area contributed by atoms with Gasteiger partial charge in [-0.15, -0.1) is 0 Å². The number of aryl methyl sites for hydroxylation is 2. The molecule has 0 bridgehead atoms. The van der Waals surface area contributed by atoms with Gasteiger partial charge in [-0.1, -0.05) is 35.9 Å². The Bertz CT molecular complexity index is 759. The predicted molar refractivity (Wildman–Crippen MR) is 94.5 cm³/mol. The van der Waals surface area contributed by atoms with Crippen molar-refractivity contribution in [3.05, 3.63) is 65.0 Å². The Hall–Kier alpha value is -2.20. The molecule has 0 aliphatic carbocycles. The summed E-state index contributed by atoms with van der Waals surface area (Å²) in [6.45, 7) is 7.83. The van der Waals surface area contributed by atoms with Crippen molar-refractivity contribution >= 4 is 11.6 Å². The second-order valence-electron chi connectivity index (χ2n) is 6.56. The lowest BCUT2D eigenvalue weighted by Gasteiger charge is -2.39. The lowest BCUT2D eigenvalue weighted by atomic mass is 10.1. The third-order valence-electron chi connectivity index (χ3n) is 4.72. The molecule has 1 atom stereocenters. The molecular formula is C20H23FN2O. The van der Waals surface area contributed by atoms with Crippen LogP contribution in [-0.2, 0) is 11.3 Å². The number of rotatable bonds is 3. The van der Waals surface area contributed by atoms with Crippen LogP contribution in [0.5, 0.6) is 0 Å². The number of anilines is 1. The van der Waals surface area contributed by atoms with Crippen LogP contribution in [-0.4, -0.2) is 29.9 Å². The Labute approximate surface area is 142 Å². The van der Waals surface area contributed by atoms with Crippen molar-refractivity contribution < 1.29 is 9.18 Å². The van der Waals surface area contributed by atoms with Gasteiger partial charge in [0.2, 0.25) is 5.91 Å². The molecule has 2 aromatic rings. The maximum Gasteiger partial charge on any atom is 0.244 e. The van der Waals surface area contributed by atoms with Crippen LogP contribution in [0.25, 0.3) is 0 Å². The Morgan fingerprint density at radius 3 is 2.62 bits per heavy atom. The van der Waals surface area contributed by atoms with E-state index in [2.05, 4.69) is 30.0 Å². The van der Waals surface area contributed by atoms with Gasteiger partial charge in [-0.3, -0.25) is 9.69 Å². The average molecular weight is 326 g/mol. The molecular weight excluding hydrogens is 303 g/mol. The molecule has 1 saturated heterocycles. The van der Waals surface area contributed by atoms with Crippen molar-refractivity contribution in [1.29, 1.82) is 0 Å². The molecule has 1 fully saturated rings. The standard InChI is InChI=1S/C20H23FN2O/c1-14-5-4-6-17(11-14)13-22-9-10-23(20(24)16(22)3)18-8-7-15(2)19(21)12-18/h4-8,11-12,16H,9-10,13H2,1-3H3/t16-/m0/s1. The zero-order valence-electron chi connectivity index (χ0n) is 14.4. The van der Waals surface area contributed by atoms with E-state index in [4.69, 9.17) is 0 Å². The summed E-state index contributed by atoms with van der Waals surface area (Å²) in [7, 11) is 0. The van der Waals surface area contributed by atoms with Crippen LogP contribution >= 0.6 is 0 Å². The summed E-state index contributed by atoms with van der Waals surface area (Å²) < 4.78 is 13.8. The van der Waals surface area contributed by atoms with Gasteiger partial charge >= 0.3 is 0 Å². The van der Waals surface area contributed by atoms with Gasteiger partial charge < -0.3 is 4.90 Å². The van der Waals surface area contributed by atoms with Gasteiger partial charge in [0.05, 0.1) is 6.04 Å². The maximum absolute atomic E-state index is 13.8. The van der Waals surface area contributed by atoms with Crippen molar-refractivity contribution in [3.63, 3.8) is 0 Å². The van der Waals surface area contributed by atoms with E-state index in [0.717, 1.165) is 13.1 Å². The Balaban J connectivity index is 1.74. The van der Waals surface area contributed by atoms with Crippen LogP contribution in [0.1, 0.15) is 23.6 Å². The zero-order chi connectivity index (χ0) is 17.3. The fraction of sp³-hybridized carbons (Fsp3) is 0.350. The molecule has 0 N–H and O–H groups in total. The molecule has 24 heavy (non-hydrogen) atoms. The number of nitrogens with zero attached hydrogens (tertiary/aromatic N) is 2. The summed E-state index contributed by atoms with van der Waals surface area (Å²) in [6.07, 6.45) is 0. The SMILES string of the molecule is Cc1cccc(CN2CCN(c3ccc(C)c(F)c3)C(=O)[C@@H]2C)c1. The molecule has 0 unspecified atom stereocenters. The maximum atomic E-state index is 13.8. The number of benzene rings is 2. The molecule has 2 aromatic carbocycles. The molecule has 3 nitrogen and oxygen atoms in total. The molecule has 1 aliphatic rings. The largest absolute Gasteiger partial charge is 0.310 e. The predicted octanol–water partition coefficient (Wildman–Crippen LogP) is 3.68. The third-order valence-corrected chi connectivity index (χ3v) is 4.72. The first kappa shape index (κ1) is 16.7. The quantitative estimate of drug-likeness (QED) is 0.859. The lowest BCUT2D eigenvalue weighted by Crippen LogP contribution is -2.55. The topological polar surface area (TPSA) is 23.6 Å². The summed E-state index contributed by atoms with van der Waals surface area (Å²) in [6, 6.07) is 13.1. The molecule has 1 heterocycles. The van der Waals surface area contributed by atoms with E-state index in [-0.39, 0.29) is 17.8 Å². The van der Waals surface area contributed by atoms with Crippen molar-refractivity contribution in [1.82, 2.24) is 4.90 Å². The first-order valence-electron chi connectivity index (χ1n) is 8.33. The van der Waals surface area contributed by atoms with Crippen LogP contribution in [0, 0.1) is 19.7 Å². The van der Waals surface area contributed by atoms with E-state index in [1.807, 2.05) is 19.1 Å². The van der Waals surface area contributed by atoms with Gasteiger partial charge in [0.25, 0.3) is 0 Å². The molecule has 0 saturated carbocycles. The number of piperazine rings is 1. The molecule has 0 radical (unpaired) electrons. The fourth-order valence-corrected chi connectivity index (χ4v) is 3.18. The van der Waals surface area contributed by atoms with Crippen LogP contribution in [0.3, 0.4) is 0 Å². The Kier molecular flexibility index (Phi) is 4.67. The Morgan fingerprint density at radius 2 is 1.92 bits per heavy atom. The highest BCUT2D eigenvalue weighted by Gasteiger charge is 2.32. The first-order valence-corrected chi connectivity index (χ1v) is 8.33. The highest BCUT2D eigenvalue weighted by molar-refractivity contribution is 5.97. The minimum Gasteiger partial charge on any atom is -0.310 e. The highest BCUT2D eigenvalue weighted by atomic mass is 19.1. The summed E-state index contributed by atoms with van der Waals surface area (Å²) >= 11 is 0. The fourth-order valence-electron chi connectivity index (χ4n) is 3.18. The number of hydrogen-bond donors (Lipinski definition) is 0. The van der Waals surface area contributed by atoms with Crippen LogP contribution < -0.4 is 4.90 Å². The molecule has 126 valence electrons. The minimum absolute atomic E-state index is 0.0251. The monoisotopic (exact) mass is 326 g/mol. The van der Waals surface area contributed by atoms with Gasteiger partial charge in [0.15, 0.2) is 0 Å². The summed E-state index contributed by atoms with van der Waals surface area (Å²) in [4.78, 5) is 16.6. The van der Waals surface area contributed by atoms with Crippen molar-refractivity contribution in [2.24, 2.45) is 0 Å². The number of carbonyl (C=O) groups is 1. The summed E-state index contributed by atoms with van der Waals surface area (Å²) in [5.41, 5.74) is 3.67. The average Bonchev–Trinajstić information content (AvgIpc) is 2.55. The van der Waals surface area contributed by atoms with Crippen molar-refractivity contribution in [2.45, 2.75) is 33.4 Å². The third kappa shape index (κ3) is 3.34. The number of halogens is 1. The van der Waals surface area contributed by atoms with E-state index in [0.29, 0.717) is 17.8 Å². The summed E-state index contributed by atoms with van der Waals surface area (Å²) in [5.74, 6) is -0.243. The molecule has 0 spiro atoms. The van der Waals surface area contributed by atoms with Crippen LogP contribution in [0.4, 0.5) is 10.1 Å². The molecule has 4 heteroatoms. The van der Waals surface area contributed by atoms with Gasteiger partial charge in [-0.25, -0.2) is 4.39 Å². The summed E-state index contributed by atoms with van der Waals surface area (Å²) in [5, 5.41) is 0. The molecule has 3 rings (SSSR count). The number of carbonyl (C=O) groups excluding carboxylic acids is 1. The zero-order valence-corrected chi connectivity index (χ0v) is 14.4. The smallest absolute Gasteiger partial charge is 0.244 e. The minimum atomic E-state index is -0.268. The van der Waals surface area contributed by atoms with E-state index in [1.54, 1.807) is 17.9 Å². The number of hydrogen-bond acceptors (Lipinski definition) is 2. The second-order valence-corrected chi connectivity index (χ2v) is 6.56. The normalized spacial score (nSPS) is 18.9. The van der Waals surface area contributed by atoms with Gasteiger partial charge in [-0.05, 0) is 44.0 Å².